The van der Waals surface area contributed by atoms with E-state index >= 15 is 0 Å². The van der Waals surface area contributed by atoms with E-state index in [2.05, 4.69) is 29.4 Å². The highest BCUT2D eigenvalue weighted by Crippen LogP contribution is 2.33. The minimum absolute atomic E-state index is 0.0582. The number of fused-ring (bicyclic) bond motifs is 1. The third kappa shape index (κ3) is 5.73. The summed E-state index contributed by atoms with van der Waals surface area (Å²) in [6, 6.07) is 20.6. The molecule has 0 fully saturated rings. The monoisotopic (exact) mass is 459 g/mol. The molecule has 7 nitrogen and oxygen atoms in total. The lowest BCUT2D eigenvalue weighted by molar-refractivity contribution is 0.0666. The number of hydrogen-bond acceptors (Lipinski definition) is 5. The first-order chi connectivity index (χ1) is 16.7. The molecule has 34 heavy (non-hydrogen) atoms. The average molecular weight is 460 g/mol. The number of nitrogens with one attached hydrogen (secondary N) is 1. The highest BCUT2D eigenvalue weighted by molar-refractivity contribution is 5.95. The Morgan fingerprint density at radius 2 is 1.82 bits per heavy atom. The van der Waals surface area contributed by atoms with E-state index in [1.165, 1.54) is 0 Å². The van der Waals surface area contributed by atoms with Crippen LogP contribution in [0.15, 0.2) is 72.9 Å². The summed E-state index contributed by atoms with van der Waals surface area (Å²) < 4.78 is 10.9. The Hall–Kier alpha value is -3.87. The number of nitrogens with zero attached hydrogens (tertiary/aromatic N) is 2. The van der Waals surface area contributed by atoms with E-state index in [9.17, 15) is 9.59 Å². The molecule has 2 amide bonds. The normalized spacial score (nSPS) is 12.7. The standard InChI is InChI=1S/C27H29N3O4/c1-2-16-30(27(32)21-11-12-24-25(18-21)34-19-33-24)22(17-20-8-4-3-5-9-20)13-15-29-26(31)23-10-6-7-14-28-23/h3-12,14,18,22H,2,13,15-17,19H2,1H3,(H,29,31)/t22-/m1/s1. The smallest absolute Gasteiger partial charge is 0.269 e. The van der Waals surface area contributed by atoms with Crippen molar-refractivity contribution in [3.63, 3.8) is 0 Å². The number of benzene rings is 2. The Kier molecular flexibility index (Phi) is 7.75. The molecule has 0 radical (unpaired) electrons. The molecule has 7 heteroatoms. The zero-order chi connectivity index (χ0) is 23.8. The Morgan fingerprint density at radius 1 is 1.03 bits per heavy atom. The van der Waals surface area contributed by atoms with Crippen LogP contribution in [-0.2, 0) is 6.42 Å². The van der Waals surface area contributed by atoms with Gasteiger partial charge in [-0.1, -0.05) is 43.3 Å². The number of aromatic nitrogens is 1. The molecule has 0 saturated carbocycles. The van der Waals surface area contributed by atoms with Crippen LogP contribution >= 0.6 is 0 Å². The summed E-state index contributed by atoms with van der Waals surface area (Å²) in [6.45, 7) is 3.26. The number of pyridine rings is 1. The van der Waals surface area contributed by atoms with Crippen molar-refractivity contribution >= 4 is 11.8 Å². The summed E-state index contributed by atoms with van der Waals surface area (Å²) >= 11 is 0. The van der Waals surface area contributed by atoms with E-state index in [1.54, 1.807) is 42.6 Å². The summed E-state index contributed by atoms with van der Waals surface area (Å²) in [5, 5.41) is 2.95. The van der Waals surface area contributed by atoms with Crippen LogP contribution in [0, 0.1) is 0 Å². The fraction of sp³-hybridized carbons (Fsp3) is 0.296. The van der Waals surface area contributed by atoms with Crippen LogP contribution in [0.2, 0.25) is 0 Å². The summed E-state index contributed by atoms with van der Waals surface area (Å²) in [5.74, 6) is 0.960. The highest BCUT2D eigenvalue weighted by atomic mass is 16.7. The maximum atomic E-state index is 13.6. The summed E-state index contributed by atoms with van der Waals surface area (Å²) in [5.41, 5.74) is 2.08. The second-order valence-corrected chi connectivity index (χ2v) is 8.17. The first-order valence-corrected chi connectivity index (χ1v) is 11.6. The van der Waals surface area contributed by atoms with Crippen molar-refractivity contribution in [1.29, 1.82) is 0 Å². The van der Waals surface area contributed by atoms with E-state index in [1.807, 2.05) is 23.1 Å². The maximum absolute atomic E-state index is 13.6. The van der Waals surface area contributed by atoms with Gasteiger partial charge in [0.15, 0.2) is 11.5 Å². The fourth-order valence-corrected chi connectivity index (χ4v) is 4.08. The molecule has 176 valence electrons. The Bertz CT molecular complexity index is 1110. The molecule has 1 aromatic heterocycles. The van der Waals surface area contributed by atoms with E-state index in [-0.39, 0.29) is 24.6 Å². The quantitative estimate of drug-likeness (QED) is 0.494. The second kappa shape index (κ2) is 11.3. The van der Waals surface area contributed by atoms with E-state index in [0.29, 0.717) is 48.7 Å². The molecule has 0 saturated heterocycles. The lowest BCUT2D eigenvalue weighted by Gasteiger charge is -2.32. The third-order valence-electron chi connectivity index (χ3n) is 5.76. The first kappa shape index (κ1) is 23.3. The molecule has 1 atom stereocenters. The van der Waals surface area contributed by atoms with Gasteiger partial charge in [-0.25, -0.2) is 0 Å². The lowest BCUT2D eigenvalue weighted by Crippen LogP contribution is -2.44. The van der Waals surface area contributed by atoms with Crippen molar-refractivity contribution in [1.82, 2.24) is 15.2 Å². The largest absolute Gasteiger partial charge is 0.454 e. The van der Waals surface area contributed by atoms with Crippen LogP contribution in [0.25, 0.3) is 0 Å². The maximum Gasteiger partial charge on any atom is 0.269 e. The molecule has 1 aliphatic heterocycles. The highest BCUT2D eigenvalue weighted by Gasteiger charge is 2.26. The van der Waals surface area contributed by atoms with Gasteiger partial charge in [-0.05, 0) is 55.2 Å². The van der Waals surface area contributed by atoms with Gasteiger partial charge in [0.1, 0.15) is 5.69 Å². The van der Waals surface area contributed by atoms with Gasteiger partial charge in [-0.15, -0.1) is 0 Å². The van der Waals surface area contributed by atoms with E-state index in [0.717, 1.165) is 12.0 Å². The SMILES string of the molecule is CCCN(C(=O)c1ccc2c(c1)OCO2)[C@H](CCNC(=O)c1ccccn1)Cc1ccccc1. The lowest BCUT2D eigenvalue weighted by atomic mass is 10.00. The Morgan fingerprint density at radius 3 is 2.59 bits per heavy atom. The van der Waals surface area contributed by atoms with Gasteiger partial charge < -0.3 is 19.7 Å². The minimum Gasteiger partial charge on any atom is -0.454 e. The number of rotatable bonds is 10. The number of amides is 2. The van der Waals surface area contributed by atoms with Gasteiger partial charge >= 0.3 is 0 Å². The number of hydrogen-bond donors (Lipinski definition) is 1. The van der Waals surface area contributed by atoms with Crippen molar-refractivity contribution in [3.05, 3.63) is 89.7 Å². The average Bonchev–Trinajstić information content (AvgIpc) is 3.35. The molecule has 0 aliphatic carbocycles. The van der Waals surface area contributed by atoms with Crippen molar-refractivity contribution in [2.24, 2.45) is 0 Å². The van der Waals surface area contributed by atoms with E-state index < -0.39 is 0 Å². The number of carbonyl (C=O) groups is 2. The number of ether oxygens (including phenoxy) is 2. The summed E-state index contributed by atoms with van der Waals surface area (Å²) in [4.78, 5) is 32.1. The van der Waals surface area contributed by atoms with Gasteiger partial charge in [0.2, 0.25) is 6.79 Å². The van der Waals surface area contributed by atoms with Crippen molar-refractivity contribution in [3.8, 4) is 11.5 Å². The molecular formula is C27H29N3O4. The molecule has 2 heterocycles. The van der Waals surface area contributed by atoms with Crippen LogP contribution in [0.3, 0.4) is 0 Å². The zero-order valence-electron chi connectivity index (χ0n) is 19.3. The summed E-state index contributed by atoms with van der Waals surface area (Å²) in [7, 11) is 0. The van der Waals surface area contributed by atoms with Crippen LogP contribution in [-0.4, -0.2) is 47.6 Å². The molecular weight excluding hydrogens is 430 g/mol. The van der Waals surface area contributed by atoms with Crippen LogP contribution in [0.5, 0.6) is 11.5 Å². The molecule has 3 aromatic rings. The van der Waals surface area contributed by atoms with Crippen LogP contribution in [0.4, 0.5) is 0 Å². The van der Waals surface area contributed by atoms with Gasteiger partial charge in [-0.2, -0.15) is 0 Å². The third-order valence-corrected chi connectivity index (χ3v) is 5.76. The van der Waals surface area contributed by atoms with Crippen LogP contribution in [0.1, 0.15) is 46.2 Å². The first-order valence-electron chi connectivity index (χ1n) is 11.6. The number of carbonyl (C=O) groups excluding carboxylic acids is 2. The molecule has 1 N–H and O–H groups in total. The Labute approximate surface area is 199 Å². The molecule has 0 bridgehead atoms. The Balaban J connectivity index is 1.52. The van der Waals surface area contributed by atoms with Crippen LogP contribution < -0.4 is 14.8 Å². The van der Waals surface area contributed by atoms with Gasteiger partial charge in [-0.3, -0.25) is 14.6 Å². The molecule has 4 rings (SSSR count). The second-order valence-electron chi connectivity index (χ2n) is 8.17. The zero-order valence-corrected chi connectivity index (χ0v) is 19.3. The van der Waals surface area contributed by atoms with E-state index in [4.69, 9.17) is 9.47 Å². The fourth-order valence-electron chi connectivity index (χ4n) is 4.08. The molecule has 2 aromatic carbocycles. The molecule has 1 aliphatic rings. The molecule has 0 unspecified atom stereocenters. The van der Waals surface area contributed by atoms with Crippen molar-refractivity contribution in [2.45, 2.75) is 32.2 Å². The van der Waals surface area contributed by atoms with Gasteiger partial charge in [0, 0.05) is 30.9 Å². The van der Waals surface area contributed by atoms with Crippen molar-refractivity contribution < 1.29 is 19.1 Å². The van der Waals surface area contributed by atoms with Gasteiger partial charge in [0.05, 0.1) is 0 Å². The molecule has 0 spiro atoms. The predicted octanol–water partition coefficient (Wildman–Crippen LogP) is 4.09. The van der Waals surface area contributed by atoms with Crippen molar-refractivity contribution in [2.75, 3.05) is 19.9 Å². The minimum atomic E-state index is -0.219. The summed E-state index contributed by atoms with van der Waals surface area (Å²) in [6.07, 6.45) is 3.72. The predicted molar refractivity (Wildman–Crippen MR) is 129 cm³/mol. The topological polar surface area (TPSA) is 80.8 Å². The van der Waals surface area contributed by atoms with Gasteiger partial charge in [0.25, 0.3) is 11.8 Å².